The van der Waals surface area contributed by atoms with Crippen LogP contribution in [0.5, 0.6) is 0 Å². The lowest BCUT2D eigenvalue weighted by molar-refractivity contribution is -0.400. The third kappa shape index (κ3) is 7.33. The van der Waals surface area contributed by atoms with Crippen LogP contribution in [-0.2, 0) is 42.6 Å². The molecule has 6 aliphatic rings. The molecular weight excluding hydrogens is 678 g/mol. The maximum atomic E-state index is 11.4. The van der Waals surface area contributed by atoms with E-state index in [2.05, 4.69) is 0 Å². The molecule has 6 heterocycles. The first-order valence-corrected chi connectivity index (χ1v) is 17.1. The molecule has 0 aromatic carbocycles. The minimum Gasteiger partial charge on any atom is -0.394 e. The van der Waals surface area contributed by atoms with Crippen LogP contribution in [0.25, 0.3) is 0 Å². The van der Waals surface area contributed by atoms with Gasteiger partial charge in [-0.2, -0.15) is 0 Å². The van der Waals surface area contributed by atoms with E-state index in [4.69, 9.17) is 48.4 Å². The van der Waals surface area contributed by atoms with Gasteiger partial charge < -0.3 is 99.4 Å². The van der Waals surface area contributed by atoms with E-state index in [9.17, 15) is 51.1 Å². The van der Waals surface area contributed by atoms with Crippen molar-refractivity contribution in [2.45, 2.75) is 161 Å². The van der Waals surface area contributed by atoms with Crippen molar-refractivity contribution in [3.63, 3.8) is 0 Å². The minimum atomic E-state index is -1.96. The predicted molar refractivity (Wildman–Crippen MR) is 158 cm³/mol. The Kier molecular flexibility index (Phi) is 12.4. The third-order valence-electron chi connectivity index (χ3n) is 10.4. The van der Waals surface area contributed by atoms with Crippen molar-refractivity contribution < 1.29 is 93.7 Å². The van der Waals surface area contributed by atoms with Crippen molar-refractivity contribution in [3.8, 4) is 0 Å². The fourth-order valence-corrected chi connectivity index (χ4v) is 7.56. The highest BCUT2D eigenvalue weighted by molar-refractivity contribution is 5.03. The van der Waals surface area contributed by atoms with Crippen LogP contribution in [0.15, 0.2) is 0 Å². The van der Waals surface area contributed by atoms with Crippen LogP contribution < -0.4 is 5.73 Å². The number of aliphatic hydroxyl groups is 10. The normalized spacial score (nSPS) is 52.7. The van der Waals surface area contributed by atoms with E-state index < -0.39 is 136 Å². The average Bonchev–Trinajstić information content (AvgIpc) is 3.57. The van der Waals surface area contributed by atoms with Gasteiger partial charge in [0.2, 0.25) is 0 Å². The SMILES string of the molecule is CC(N)CCCC[C@@]1(O[C@@H]2[C@H]3OC[C@@H]2O[C@@H](O[C@@H]2[C@@H](O)[C@H](O[C@@H]4[C@H]5OC[C@@H]4O[C@@H](O)[C@H]5O)O[C@H](CO)[C@H]2O)[C@H]3O)O[C@H](CO)[C@H](O)[C@H](O)[C@H]1O. The van der Waals surface area contributed by atoms with Crippen LogP contribution in [0.1, 0.15) is 32.6 Å². The van der Waals surface area contributed by atoms with Crippen molar-refractivity contribution >= 4 is 0 Å². The summed E-state index contributed by atoms with van der Waals surface area (Å²) in [5.41, 5.74) is 5.87. The largest absolute Gasteiger partial charge is 0.394 e. The Morgan fingerprint density at radius 2 is 1.30 bits per heavy atom. The standard InChI is InChI=1S/C30H51NO19/c1-10(31)4-2-3-5-30(26(40)17(36)15(34)12(7-33)49-30)50-22-14-9-43-25(22)20(39)29(46-14)48-23-16(35)11(6-32)45-28(19(23)38)47-21-13-8-42-24(21)18(37)27(41)44-13/h10-29,32-41H,2-9,31H2,1H3/t10?,11-,12-,13+,14+,15+,16-,17+,18+,19-,20+,21+,22+,23+,24+,25+,26-,27-,28+,29+,30+/m1/s1. The molecule has 21 atom stereocenters. The number of fused-ring (bicyclic) bond motifs is 4. The molecule has 6 rings (SSSR count). The van der Waals surface area contributed by atoms with Crippen LogP contribution in [0, 0.1) is 0 Å². The van der Waals surface area contributed by atoms with Gasteiger partial charge in [-0.3, -0.25) is 0 Å². The zero-order valence-electron chi connectivity index (χ0n) is 27.4. The Morgan fingerprint density at radius 3 is 1.96 bits per heavy atom. The molecule has 12 N–H and O–H groups in total. The third-order valence-corrected chi connectivity index (χ3v) is 10.4. The lowest BCUT2D eigenvalue weighted by atomic mass is 9.88. The summed E-state index contributed by atoms with van der Waals surface area (Å²) in [6, 6.07) is -0.0978. The summed E-state index contributed by atoms with van der Waals surface area (Å²) >= 11 is 0. The zero-order chi connectivity index (χ0) is 36.1. The van der Waals surface area contributed by atoms with Crippen LogP contribution >= 0.6 is 0 Å². The Balaban J connectivity index is 1.15. The lowest BCUT2D eigenvalue weighted by Crippen LogP contribution is -2.69. The van der Waals surface area contributed by atoms with Crippen LogP contribution in [-0.4, -0.2) is 206 Å². The van der Waals surface area contributed by atoms with Crippen molar-refractivity contribution in [2.24, 2.45) is 5.73 Å². The number of ether oxygens (including phenoxy) is 9. The minimum absolute atomic E-state index is 0.00625. The van der Waals surface area contributed by atoms with Gasteiger partial charge in [-0.1, -0.05) is 6.42 Å². The van der Waals surface area contributed by atoms with Crippen molar-refractivity contribution in [3.05, 3.63) is 0 Å². The summed E-state index contributed by atoms with van der Waals surface area (Å²) in [7, 11) is 0. The van der Waals surface area contributed by atoms with Crippen molar-refractivity contribution in [2.75, 3.05) is 26.4 Å². The number of hydrogen-bond acceptors (Lipinski definition) is 20. The maximum absolute atomic E-state index is 11.4. The lowest BCUT2D eigenvalue weighted by Gasteiger charge is -2.51. The van der Waals surface area contributed by atoms with Gasteiger partial charge >= 0.3 is 0 Å². The molecule has 0 saturated carbocycles. The first-order valence-electron chi connectivity index (χ1n) is 17.1. The zero-order valence-corrected chi connectivity index (χ0v) is 27.4. The molecule has 20 heteroatoms. The fraction of sp³-hybridized carbons (Fsp3) is 1.00. The van der Waals surface area contributed by atoms with Gasteiger partial charge in [-0.15, -0.1) is 0 Å². The molecule has 20 nitrogen and oxygen atoms in total. The first-order chi connectivity index (χ1) is 23.8. The summed E-state index contributed by atoms with van der Waals surface area (Å²) in [5, 5.41) is 106. The summed E-state index contributed by atoms with van der Waals surface area (Å²) in [5.74, 6) is -1.96. The van der Waals surface area contributed by atoms with Gasteiger partial charge in [0.15, 0.2) is 24.7 Å². The van der Waals surface area contributed by atoms with Gasteiger partial charge in [0.25, 0.3) is 0 Å². The first kappa shape index (κ1) is 38.9. The molecule has 0 radical (unpaired) electrons. The van der Waals surface area contributed by atoms with E-state index >= 15 is 0 Å². The molecule has 6 fully saturated rings. The maximum Gasteiger partial charge on any atom is 0.198 e. The van der Waals surface area contributed by atoms with Gasteiger partial charge in [0, 0.05) is 12.5 Å². The second-order valence-corrected chi connectivity index (χ2v) is 14.0. The van der Waals surface area contributed by atoms with E-state index in [-0.39, 0.29) is 25.7 Å². The molecule has 0 aromatic rings. The molecule has 50 heavy (non-hydrogen) atoms. The molecule has 0 aliphatic carbocycles. The Labute approximate surface area is 287 Å². The average molecular weight is 730 g/mol. The molecule has 290 valence electrons. The molecule has 6 aliphatic heterocycles. The highest BCUT2D eigenvalue weighted by Gasteiger charge is 2.61. The molecule has 1 unspecified atom stereocenters. The summed E-state index contributed by atoms with van der Waals surface area (Å²) in [4.78, 5) is 0. The number of aliphatic hydroxyl groups excluding tert-OH is 10. The fourth-order valence-electron chi connectivity index (χ4n) is 7.56. The quantitative estimate of drug-likeness (QED) is 0.0785. The van der Waals surface area contributed by atoms with Crippen LogP contribution in [0.2, 0.25) is 0 Å². The summed E-state index contributed by atoms with van der Waals surface area (Å²) in [6.07, 6.45) is -24.9. The molecule has 0 aromatic heterocycles. The second-order valence-electron chi connectivity index (χ2n) is 14.0. The van der Waals surface area contributed by atoms with Crippen LogP contribution in [0.3, 0.4) is 0 Å². The monoisotopic (exact) mass is 729 g/mol. The molecule has 0 amide bonds. The molecule has 6 saturated heterocycles. The Morgan fingerprint density at radius 1 is 0.680 bits per heavy atom. The predicted octanol–water partition coefficient (Wildman–Crippen LogP) is -6.38. The smallest absolute Gasteiger partial charge is 0.198 e. The van der Waals surface area contributed by atoms with E-state index in [0.29, 0.717) is 19.3 Å². The summed E-state index contributed by atoms with van der Waals surface area (Å²) in [6.45, 7) is 0.273. The van der Waals surface area contributed by atoms with Gasteiger partial charge in [-0.25, -0.2) is 0 Å². The Hall–Kier alpha value is -0.800. The Bertz CT molecular complexity index is 1110. The molecule has 0 spiro atoms. The molecule has 4 bridgehead atoms. The van der Waals surface area contributed by atoms with Gasteiger partial charge in [0.1, 0.15) is 97.7 Å². The number of nitrogens with two attached hydrogens (primary N) is 1. The van der Waals surface area contributed by atoms with E-state index in [1.54, 1.807) is 0 Å². The van der Waals surface area contributed by atoms with Crippen molar-refractivity contribution in [1.29, 1.82) is 0 Å². The van der Waals surface area contributed by atoms with E-state index in [0.717, 1.165) is 0 Å². The highest BCUT2D eigenvalue weighted by atomic mass is 16.8. The van der Waals surface area contributed by atoms with Gasteiger partial charge in [-0.05, 0) is 19.8 Å². The second kappa shape index (κ2) is 15.9. The van der Waals surface area contributed by atoms with Crippen molar-refractivity contribution in [1.82, 2.24) is 0 Å². The van der Waals surface area contributed by atoms with Crippen LogP contribution in [0.4, 0.5) is 0 Å². The summed E-state index contributed by atoms with van der Waals surface area (Å²) < 4.78 is 52.3. The van der Waals surface area contributed by atoms with Gasteiger partial charge in [0.05, 0.1) is 26.4 Å². The highest BCUT2D eigenvalue weighted by Crippen LogP contribution is 2.42. The van der Waals surface area contributed by atoms with E-state index in [1.807, 2.05) is 6.92 Å². The number of rotatable bonds is 13. The molecular formula is C30H51NO19. The van der Waals surface area contributed by atoms with E-state index in [1.165, 1.54) is 0 Å². The number of hydrogen-bond donors (Lipinski definition) is 11. The number of unbranched alkanes of at least 4 members (excludes halogenated alkanes) is 1. The topological polar surface area (TPSA) is 311 Å².